The molecular formula is C23H18N4O3S. The molecule has 0 aliphatic carbocycles. The lowest BCUT2D eigenvalue weighted by atomic mass is 9.99. The van der Waals surface area contributed by atoms with Gasteiger partial charge in [-0.1, -0.05) is 30.0 Å². The summed E-state index contributed by atoms with van der Waals surface area (Å²) in [6, 6.07) is 18.7. The summed E-state index contributed by atoms with van der Waals surface area (Å²) in [7, 11) is 0. The second-order valence-electron chi connectivity index (χ2n) is 7.18. The number of aromatic nitrogens is 3. The number of ketones is 1. The van der Waals surface area contributed by atoms with Gasteiger partial charge in [-0.25, -0.2) is 0 Å². The van der Waals surface area contributed by atoms with Crippen molar-refractivity contribution in [1.29, 1.82) is 0 Å². The minimum Gasteiger partial charge on any atom is -0.461 e. The smallest absolute Gasteiger partial charge is 0.231 e. The maximum atomic E-state index is 12.9. The van der Waals surface area contributed by atoms with Crippen LogP contribution in [-0.4, -0.2) is 32.2 Å². The maximum Gasteiger partial charge on any atom is 0.231 e. The van der Waals surface area contributed by atoms with E-state index in [4.69, 9.17) is 4.42 Å². The minimum absolute atomic E-state index is 0.0403. The molecule has 0 spiro atoms. The second-order valence-corrected chi connectivity index (χ2v) is 8.12. The van der Waals surface area contributed by atoms with Gasteiger partial charge in [-0.2, -0.15) is 0 Å². The van der Waals surface area contributed by atoms with Crippen molar-refractivity contribution in [3.8, 4) is 17.3 Å². The molecule has 2 aromatic heterocycles. The molecule has 0 saturated carbocycles. The zero-order valence-corrected chi connectivity index (χ0v) is 17.4. The lowest BCUT2D eigenvalue weighted by Gasteiger charge is -2.09. The molecule has 0 bridgehead atoms. The van der Waals surface area contributed by atoms with Crippen LogP contribution in [-0.2, 0) is 4.79 Å². The summed E-state index contributed by atoms with van der Waals surface area (Å²) >= 11 is 1.31. The van der Waals surface area contributed by atoms with Crippen LogP contribution in [0.15, 0.2) is 76.5 Å². The average Bonchev–Trinajstić information content (AvgIpc) is 3.52. The number of benzene rings is 2. The Kier molecular flexibility index (Phi) is 4.91. The largest absolute Gasteiger partial charge is 0.461 e. The van der Waals surface area contributed by atoms with E-state index >= 15 is 0 Å². The molecule has 1 atom stereocenters. The number of anilines is 1. The lowest BCUT2D eigenvalue weighted by Crippen LogP contribution is -2.08. The Hall–Kier alpha value is -3.65. The van der Waals surface area contributed by atoms with E-state index in [9.17, 15) is 9.59 Å². The van der Waals surface area contributed by atoms with E-state index in [0.29, 0.717) is 22.3 Å². The molecule has 1 aliphatic heterocycles. The van der Waals surface area contributed by atoms with E-state index in [1.807, 2.05) is 47.9 Å². The Morgan fingerprint density at radius 3 is 2.74 bits per heavy atom. The number of rotatable bonds is 6. The van der Waals surface area contributed by atoms with Crippen LogP contribution in [0.25, 0.3) is 17.3 Å². The number of furan rings is 1. The number of thioether (sulfide) groups is 1. The molecule has 0 saturated heterocycles. The molecule has 1 aliphatic rings. The van der Waals surface area contributed by atoms with Gasteiger partial charge in [0.2, 0.25) is 11.7 Å². The van der Waals surface area contributed by atoms with Gasteiger partial charge in [0.25, 0.3) is 0 Å². The van der Waals surface area contributed by atoms with E-state index in [1.54, 1.807) is 30.5 Å². The molecule has 154 valence electrons. The van der Waals surface area contributed by atoms with Crippen LogP contribution in [0.1, 0.15) is 28.8 Å². The number of hydrogen-bond donors (Lipinski definition) is 1. The molecule has 1 N–H and O–H groups in total. The third kappa shape index (κ3) is 3.55. The fraction of sp³-hybridized carbons (Fsp3) is 0.130. The van der Waals surface area contributed by atoms with Gasteiger partial charge in [-0.3, -0.25) is 14.2 Å². The lowest BCUT2D eigenvalue weighted by molar-refractivity contribution is -0.116. The van der Waals surface area contributed by atoms with Gasteiger partial charge in [0.05, 0.1) is 17.9 Å². The molecular weight excluding hydrogens is 412 g/mol. The van der Waals surface area contributed by atoms with Crippen LogP contribution in [0.3, 0.4) is 0 Å². The summed E-state index contributed by atoms with van der Waals surface area (Å²) in [6.45, 7) is 1.84. The van der Waals surface area contributed by atoms with Crippen molar-refractivity contribution in [3.05, 3.63) is 78.1 Å². The summed E-state index contributed by atoms with van der Waals surface area (Å²) in [5, 5.41) is 12.0. The topological polar surface area (TPSA) is 90.0 Å². The maximum absolute atomic E-state index is 12.9. The predicted molar refractivity (Wildman–Crippen MR) is 118 cm³/mol. The van der Waals surface area contributed by atoms with Crippen LogP contribution >= 0.6 is 11.8 Å². The van der Waals surface area contributed by atoms with E-state index in [2.05, 4.69) is 15.5 Å². The van der Waals surface area contributed by atoms with Crippen molar-refractivity contribution in [2.75, 3.05) is 11.1 Å². The Balaban J connectivity index is 1.41. The predicted octanol–water partition coefficient (Wildman–Crippen LogP) is 4.56. The zero-order valence-electron chi connectivity index (χ0n) is 16.6. The highest BCUT2D eigenvalue weighted by molar-refractivity contribution is 7.99. The normalized spacial score (nSPS) is 15.0. The van der Waals surface area contributed by atoms with Crippen LogP contribution in [0.4, 0.5) is 5.69 Å². The number of nitrogens with one attached hydrogen (secondary N) is 1. The van der Waals surface area contributed by atoms with E-state index in [-0.39, 0.29) is 23.4 Å². The van der Waals surface area contributed by atoms with Gasteiger partial charge in [0.1, 0.15) is 0 Å². The highest BCUT2D eigenvalue weighted by Gasteiger charge is 2.27. The fourth-order valence-electron chi connectivity index (χ4n) is 3.54. The summed E-state index contributed by atoms with van der Waals surface area (Å²) in [5.74, 6) is 1.02. The molecule has 7 nitrogen and oxygen atoms in total. The molecule has 8 heteroatoms. The first-order chi connectivity index (χ1) is 15.1. The summed E-state index contributed by atoms with van der Waals surface area (Å²) in [4.78, 5) is 24.8. The number of fused-ring (bicyclic) bond motifs is 1. The van der Waals surface area contributed by atoms with Gasteiger partial charge in [-0.15, -0.1) is 10.2 Å². The molecule has 0 fully saturated rings. The number of Topliss-reactive ketones (excluding diaryl/α,β-unsaturated/α-hetero) is 1. The number of hydrogen-bond acceptors (Lipinski definition) is 6. The van der Waals surface area contributed by atoms with Crippen LogP contribution < -0.4 is 5.32 Å². The summed E-state index contributed by atoms with van der Waals surface area (Å²) in [6.07, 6.45) is 1.59. The zero-order chi connectivity index (χ0) is 21.4. The SMILES string of the molecule is CC1C(=O)Nc2ccc(C(=O)CSc3nnc(-c4ccco4)n3-c3ccccc3)cc21. The molecule has 1 unspecified atom stereocenters. The third-order valence-electron chi connectivity index (χ3n) is 5.21. The molecule has 0 radical (unpaired) electrons. The molecule has 2 aromatic carbocycles. The third-order valence-corrected chi connectivity index (χ3v) is 6.14. The Morgan fingerprint density at radius 2 is 1.97 bits per heavy atom. The van der Waals surface area contributed by atoms with Gasteiger partial charge in [0.15, 0.2) is 16.7 Å². The van der Waals surface area contributed by atoms with E-state index < -0.39 is 0 Å². The van der Waals surface area contributed by atoms with Crippen molar-refractivity contribution in [3.63, 3.8) is 0 Å². The summed E-state index contributed by atoms with van der Waals surface area (Å²) in [5.41, 5.74) is 3.08. The first-order valence-corrected chi connectivity index (χ1v) is 10.8. The number of para-hydroxylation sites is 1. The van der Waals surface area contributed by atoms with Crippen molar-refractivity contribution in [2.45, 2.75) is 18.0 Å². The molecule has 4 aromatic rings. The summed E-state index contributed by atoms with van der Waals surface area (Å²) < 4.78 is 7.40. The Labute approximate surface area is 182 Å². The molecule has 31 heavy (non-hydrogen) atoms. The monoisotopic (exact) mass is 430 g/mol. The quantitative estimate of drug-likeness (QED) is 0.356. The highest BCUT2D eigenvalue weighted by Crippen LogP contribution is 2.33. The molecule has 3 heterocycles. The van der Waals surface area contributed by atoms with Crippen LogP contribution in [0.2, 0.25) is 0 Å². The van der Waals surface area contributed by atoms with Crippen LogP contribution in [0.5, 0.6) is 0 Å². The Morgan fingerprint density at radius 1 is 1.13 bits per heavy atom. The van der Waals surface area contributed by atoms with Crippen molar-refractivity contribution >= 4 is 29.1 Å². The minimum atomic E-state index is -0.257. The van der Waals surface area contributed by atoms with Gasteiger partial charge in [-0.05, 0) is 55.0 Å². The van der Waals surface area contributed by atoms with E-state index in [0.717, 1.165) is 16.9 Å². The van der Waals surface area contributed by atoms with Gasteiger partial charge >= 0.3 is 0 Å². The van der Waals surface area contributed by atoms with E-state index in [1.165, 1.54) is 11.8 Å². The van der Waals surface area contributed by atoms with Crippen molar-refractivity contribution in [2.24, 2.45) is 0 Å². The Bertz CT molecular complexity index is 1270. The number of nitrogens with zero attached hydrogens (tertiary/aromatic N) is 3. The molecule has 1 amide bonds. The first kappa shape index (κ1) is 19.3. The highest BCUT2D eigenvalue weighted by atomic mass is 32.2. The van der Waals surface area contributed by atoms with Gasteiger partial charge < -0.3 is 9.73 Å². The van der Waals surface area contributed by atoms with Gasteiger partial charge in [0, 0.05) is 16.9 Å². The fourth-order valence-corrected chi connectivity index (χ4v) is 4.39. The number of carbonyl (C=O) groups is 2. The first-order valence-electron chi connectivity index (χ1n) is 9.77. The second kappa shape index (κ2) is 7.88. The average molecular weight is 430 g/mol. The molecule has 5 rings (SSSR count). The van der Waals surface area contributed by atoms with Crippen LogP contribution in [0, 0.1) is 0 Å². The number of carbonyl (C=O) groups excluding carboxylic acids is 2. The number of amides is 1. The standard InChI is InChI=1S/C23H18N4O3S/c1-14-17-12-15(9-10-18(17)24-22(14)29)19(28)13-31-23-26-25-21(20-8-5-11-30-20)27(23)16-6-3-2-4-7-16/h2-12,14H,13H2,1H3,(H,24,29). The van der Waals surface area contributed by atoms with Crippen molar-refractivity contribution in [1.82, 2.24) is 14.8 Å². The van der Waals surface area contributed by atoms with Crippen molar-refractivity contribution < 1.29 is 14.0 Å².